The van der Waals surface area contributed by atoms with Crippen molar-refractivity contribution >= 4 is 19.8 Å². The maximum atomic E-state index is 12.6. The van der Waals surface area contributed by atoms with Crippen molar-refractivity contribution in [3.8, 4) is 0 Å². The van der Waals surface area contributed by atoms with E-state index in [1.807, 2.05) is 21.1 Å². The summed E-state index contributed by atoms with van der Waals surface area (Å²) in [5, 5.41) is 0. The lowest BCUT2D eigenvalue weighted by Gasteiger charge is -2.28. The van der Waals surface area contributed by atoms with Crippen molar-refractivity contribution in [3.63, 3.8) is 0 Å². The predicted molar refractivity (Wildman–Crippen MR) is 195 cm³/mol. The van der Waals surface area contributed by atoms with Gasteiger partial charge in [-0.3, -0.25) is 14.2 Å². The van der Waals surface area contributed by atoms with Crippen LogP contribution in [0.4, 0.5) is 0 Å². The van der Waals surface area contributed by atoms with E-state index >= 15 is 0 Å². The quantitative estimate of drug-likeness (QED) is 0.0211. The Morgan fingerprint density at radius 3 is 1.60 bits per heavy atom. The first-order chi connectivity index (χ1) is 23.0. The predicted octanol–water partition coefficient (Wildman–Crippen LogP) is 9.61. The van der Waals surface area contributed by atoms with Crippen molar-refractivity contribution in [2.24, 2.45) is 0 Å². The number of carbonyl (C=O) groups is 2. The van der Waals surface area contributed by atoms with Crippen LogP contribution in [0.15, 0.2) is 12.2 Å². The molecule has 0 fully saturated rings. The minimum atomic E-state index is -4.61. The molecule has 0 aromatic heterocycles. The highest BCUT2D eigenvalue weighted by Crippen LogP contribution is 2.38. The summed E-state index contributed by atoms with van der Waals surface area (Å²) in [6.45, 7) is 4.17. The highest BCUT2D eigenvalue weighted by Gasteiger charge is 2.21. The number of nitrogens with zero attached hydrogens (tertiary/aromatic N) is 1. The van der Waals surface area contributed by atoms with E-state index in [1.165, 1.54) is 96.3 Å². The Bertz CT molecular complexity index is 845. The molecule has 1 unspecified atom stereocenters. The van der Waals surface area contributed by atoms with Crippen molar-refractivity contribution in [1.82, 2.24) is 0 Å². The van der Waals surface area contributed by atoms with Gasteiger partial charge in [0.25, 0.3) is 7.82 Å². The smallest absolute Gasteiger partial charge is 0.306 e. The molecule has 48 heavy (non-hydrogen) atoms. The van der Waals surface area contributed by atoms with Crippen LogP contribution in [-0.2, 0) is 32.7 Å². The van der Waals surface area contributed by atoms with E-state index in [1.54, 1.807) is 0 Å². The average molecular weight is 704 g/mol. The highest BCUT2D eigenvalue weighted by molar-refractivity contribution is 7.45. The van der Waals surface area contributed by atoms with Crippen LogP contribution >= 0.6 is 7.82 Å². The van der Waals surface area contributed by atoms with Crippen LogP contribution in [0.3, 0.4) is 0 Å². The number of hydrogen-bond acceptors (Lipinski definition) is 8. The normalized spacial score (nSPS) is 13.9. The van der Waals surface area contributed by atoms with Gasteiger partial charge in [-0.05, 0) is 32.1 Å². The van der Waals surface area contributed by atoms with Crippen LogP contribution in [0, 0.1) is 0 Å². The fourth-order valence-corrected chi connectivity index (χ4v) is 5.89. The number of unbranched alkanes of at least 4 members (excludes halogenated alkanes) is 19. The number of esters is 2. The fourth-order valence-electron chi connectivity index (χ4n) is 5.16. The van der Waals surface area contributed by atoms with E-state index in [2.05, 4.69) is 26.0 Å². The van der Waals surface area contributed by atoms with Crippen LogP contribution in [0.5, 0.6) is 0 Å². The molecule has 0 aromatic carbocycles. The molecular formula is C38H74NO8P. The molecule has 0 bridgehead atoms. The third kappa shape index (κ3) is 34.6. The third-order valence-electron chi connectivity index (χ3n) is 8.29. The first kappa shape index (κ1) is 46.8. The molecule has 2 atom stereocenters. The monoisotopic (exact) mass is 704 g/mol. The summed E-state index contributed by atoms with van der Waals surface area (Å²) in [4.78, 5) is 37.2. The number of likely N-dealkylation sites (N-methyl/N-ethyl adjacent to an activating group) is 1. The van der Waals surface area contributed by atoms with Gasteiger partial charge in [-0.25, -0.2) is 0 Å². The molecule has 0 aliphatic rings. The second kappa shape index (κ2) is 31.7. The Hall–Kier alpha value is -1.25. The van der Waals surface area contributed by atoms with Gasteiger partial charge in [-0.2, -0.15) is 0 Å². The Balaban J connectivity index is 4.39. The number of carbonyl (C=O) groups excluding carboxylic acids is 2. The lowest BCUT2D eigenvalue weighted by atomic mass is 10.1. The Morgan fingerprint density at radius 1 is 0.625 bits per heavy atom. The van der Waals surface area contributed by atoms with Gasteiger partial charge in [0, 0.05) is 12.8 Å². The molecule has 0 rings (SSSR count). The van der Waals surface area contributed by atoms with Crippen molar-refractivity contribution in [1.29, 1.82) is 0 Å². The van der Waals surface area contributed by atoms with Gasteiger partial charge in [0.1, 0.15) is 19.8 Å². The van der Waals surface area contributed by atoms with Crippen LogP contribution in [-0.4, -0.2) is 70.0 Å². The number of rotatable bonds is 35. The van der Waals surface area contributed by atoms with Gasteiger partial charge >= 0.3 is 11.9 Å². The van der Waals surface area contributed by atoms with Crippen molar-refractivity contribution < 1.29 is 42.1 Å². The van der Waals surface area contributed by atoms with Crippen LogP contribution in [0.25, 0.3) is 0 Å². The Kier molecular flexibility index (Phi) is 30.9. The lowest BCUT2D eigenvalue weighted by Crippen LogP contribution is -2.37. The van der Waals surface area contributed by atoms with Crippen molar-refractivity contribution in [2.45, 2.75) is 174 Å². The second-order valence-electron chi connectivity index (χ2n) is 14.3. The Morgan fingerprint density at radius 2 is 1.08 bits per heavy atom. The highest BCUT2D eigenvalue weighted by atomic mass is 31.2. The Labute approximate surface area is 295 Å². The molecule has 0 aliphatic carbocycles. The van der Waals surface area contributed by atoms with Gasteiger partial charge in [0.2, 0.25) is 0 Å². The molecule has 0 amide bonds. The summed E-state index contributed by atoms with van der Waals surface area (Å²) in [5.74, 6) is -0.836. The maximum absolute atomic E-state index is 12.6. The van der Waals surface area contributed by atoms with Crippen molar-refractivity contribution in [2.75, 3.05) is 47.5 Å². The summed E-state index contributed by atoms with van der Waals surface area (Å²) in [6.07, 6.45) is 29.5. The number of phosphoric acid groups is 1. The van der Waals surface area contributed by atoms with Crippen molar-refractivity contribution in [3.05, 3.63) is 12.2 Å². The van der Waals surface area contributed by atoms with Crippen LogP contribution in [0.2, 0.25) is 0 Å². The molecule has 0 aliphatic heterocycles. The van der Waals surface area contributed by atoms with E-state index in [4.69, 9.17) is 18.5 Å². The van der Waals surface area contributed by atoms with Crippen LogP contribution in [0.1, 0.15) is 168 Å². The van der Waals surface area contributed by atoms with E-state index in [9.17, 15) is 19.0 Å². The molecule has 0 saturated heterocycles. The zero-order valence-electron chi connectivity index (χ0n) is 31.7. The summed E-state index contributed by atoms with van der Waals surface area (Å²) < 4.78 is 33.7. The fraction of sp³-hybridized carbons (Fsp3) is 0.895. The van der Waals surface area contributed by atoms with E-state index in [0.29, 0.717) is 17.4 Å². The number of phosphoric ester groups is 1. The summed E-state index contributed by atoms with van der Waals surface area (Å²) >= 11 is 0. The second-order valence-corrected chi connectivity index (χ2v) is 15.7. The molecule has 0 aromatic rings. The van der Waals surface area contributed by atoms with Gasteiger partial charge in [0.05, 0.1) is 27.7 Å². The molecule has 0 heterocycles. The molecule has 0 saturated carbocycles. The molecule has 0 spiro atoms. The zero-order valence-corrected chi connectivity index (χ0v) is 32.6. The minimum absolute atomic E-state index is 0.0285. The molecule has 10 heteroatoms. The van der Waals surface area contributed by atoms with Gasteiger partial charge in [-0.1, -0.05) is 135 Å². The number of hydrogen-bond donors (Lipinski definition) is 0. The summed E-state index contributed by atoms with van der Waals surface area (Å²) in [5.41, 5.74) is 0. The van der Waals surface area contributed by atoms with E-state index < -0.39 is 26.5 Å². The standard InChI is InChI=1S/C38H74NO8P/c1-6-8-10-12-14-16-17-18-19-20-21-23-25-27-29-31-38(41)47-36(35-46-48(42,43)45-33-32-39(3,4)5)34-44-37(40)30-28-26-24-22-15-13-11-9-7-2/h12,14,36H,6-11,13,15-35H2,1-5H3/b14-12+/t36-/m1/s1. The molecule has 284 valence electrons. The van der Waals surface area contributed by atoms with Gasteiger partial charge in [-0.15, -0.1) is 0 Å². The first-order valence-corrected chi connectivity index (χ1v) is 20.9. The van der Waals surface area contributed by atoms with E-state index in [0.717, 1.165) is 38.5 Å². The van der Waals surface area contributed by atoms with Crippen LogP contribution < -0.4 is 4.89 Å². The molecule has 0 N–H and O–H groups in total. The summed E-state index contributed by atoms with van der Waals surface area (Å²) in [6, 6.07) is 0. The van der Waals surface area contributed by atoms with E-state index in [-0.39, 0.29) is 32.0 Å². The number of allylic oxidation sites excluding steroid dienone is 2. The third-order valence-corrected chi connectivity index (χ3v) is 9.25. The van der Waals surface area contributed by atoms with Gasteiger partial charge in [0.15, 0.2) is 6.10 Å². The number of quaternary nitrogens is 1. The topological polar surface area (TPSA) is 111 Å². The SMILES string of the molecule is CCCC/C=C/CCCCCCCCCCCC(=O)O[C@H](COC(=O)CCCCCCCCCCC)COP(=O)([O-])OCC[N+](C)(C)C. The average Bonchev–Trinajstić information content (AvgIpc) is 3.02. The largest absolute Gasteiger partial charge is 0.756 e. The minimum Gasteiger partial charge on any atom is -0.756 e. The molecule has 9 nitrogen and oxygen atoms in total. The molecule has 0 radical (unpaired) electrons. The first-order valence-electron chi connectivity index (χ1n) is 19.4. The zero-order chi connectivity index (χ0) is 35.8. The summed E-state index contributed by atoms with van der Waals surface area (Å²) in [7, 11) is 1.17. The maximum Gasteiger partial charge on any atom is 0.306 e. The lowest BCUT2D eigenvalue weighted by molar-refractivity contribution is -0.870. The molecular weight excluding hydrogens is 629 g/mol. The number of ether oxygens (including phenoxy) is 2. The van der Waals surface area contributed by atoms with Gasteiger partial charge < -0.3 is 27.9 Å².